The molecule has 0 bridgehead atoms. The average molecular weight is 401 g/mol. The summed E-state index contributed by atoms with van der Waals surface area (Å²) in [7, 11) is 0. The molecule has 1 aromatic heterocycles. The van der Waals surface area contributed by atoms with Crippen LogP contribution in [-0.2, 0) is 23.9 Å². The molecule has 0 unspecified atom stereocenters. The maximum absolute atomic E-state index is 12.6. The lowest BCUT2D eigenvalue weighted by atomic mass is 10.1. The number of carbonyl (C=O) groups excluding carboxylic acids is 1. The molecule has 2 aromatic carbocycles. The normalized spacial score (nSPS) is 11.3. The van der Waals surface area contributed by atoms with Gasteiger partial charge in [0, 0.05) is 17.3 Å². The van der Waals surface area contributed by atoms with Crippen LogP contribution in [-0.4, -0.2) is 15.7 Å². The minimum Gasteiger partial charge on any atom is -0.324 e. The van der Waals surface area contributed by atoms with E-state index in [1.807, 2.05) is 31.2 Å². The Labute approximate surface area is 164 Å². The van der Waals surface area contributed by atoms with Crippen molar-refractivity contribution in [1.82, 2.24) is 9.78 Å². The smallest absolute Gasteiger partial charge is 0.324 e. The summed E-state index contributed by atoms with van der Waals surface area (Å²) in [5.41, 5.74) is 1.44. The number of halogens is 3. The van der Waals surface area contributed by atoms with E-state index in [0.29, 0.717) is 5.69 Å². The molecule has 0 fully saturated rings. The lowest BCUT2D eigenvalue weighted by molar-refractivity contribution is -0.137. The number of aromatic nitrogens is 2. The van der Waals surface area contributed by atoms with Gasteiger partial charge in [-0.3, -0.25) is 9.59 Å². The molecule has 0 aliphatic heterocycles. The fourth-order valence-electron chi connectivity index (χ4n) is 2.71. The van der Waals surface area contributed by atoms with E-state index in [1.165, 1.54) is 6.07 Å². The highest BCUT2D eigenvalue weighted by Gasteiger charge is 2.30. The van der Waals surface area contributed by atoms with Crippen molar-refractivity contribution in [1.29, 1.82) is 0 Å². The van der Waals surface area contributed by atoms with Gasteiger partial charge in [-0.15, -0.1) is 0 Å². The van der Waals surface area contributed by atoms with Crippen molar-refractivity contribution in [2.75, 3.05) is 5.32 Å². The first-order chi connectivity index (χ1) is 13.8. The summed E-state index contributed by atoms with van der Waals surface area (Å²) < 4.78 is 38.8. The van der Waals surface area contributed by atoms with Gasteiger partial charge in [0.15, 0.2) is 0 Å². The van der Waals surface area contributed by atoms with Crippen molar-refractivity contribution in [3.63, 3.8) is 0 Å². The molecule has 1 amide bonds. The highest BCUT2D eigenvalue weighted by atomic mass is 19.4. The lowest BCUT2D eigenvalue weighted by Crippen LogP contribution is -2.29. The first-order valence-corrected chi connectivity index (χ1v) is 8.91. The Hall–Kier alpha value is -3.42. The van der Waals surface area contributed by atoms with Crippen molar-refractivity contribution >= 4 is 11.6 Å². The van der Waals surface area contributed by atoms with Gasteiger partial charge in [-0.05, 0) is 42.3 Å². The molecular weight excluding hydrogens is 383 g/mol. The minimum atomic E-state index is -4.45. The third-order valence-electron chi connectivity index (χ3n) is 4.31. The Balaban J connectivity index is 1.73. The van der Waals surface area contributed by atoms with E-state index in [2.05, 4.69) is 10.4 Å². The van der Waals surface area contributed by atoms with E-state index in [1.54, 1.807) is 6.07 Å². The summed E-state index contributed by atoms with van der Waals surface area (Å²) >= 11 is 0. The molecular formula is C21H18F3N3O2. The van der Waals surface area contributed by atoms with E-state index >= 15 is 0 Å². The van der Waals surface area contributed by atoms with Crippen LogP contribution in [0.25, 0.3) is 11.3 Å². The second kappa shape index (κ2) is 8.30. The van der Waals surface area contributed by atoms with Gasteiger partial charge >= 0.3 is 6.18 Å². The molecule has 0 saturated carbocycles. The van der Waals surface area contributed by atoms with Crippen LogP contribution in [0.2, 0.25) is 0 Å². The van der Waals surface area contributed by atoms with E-state index in [0.717, 1.165) is 46.5 Å². The summed E-state index contributed by atoms with van der Waals surface area (Å²) in [4.78, 5) is 24.3. The standard InChI is InChI=1S/C21H18F3N3O2/c1-2-14-3-5-15(6-4-14)18-11-12-20(29)27(26-18)13-19(28)25-17-9-7-16(8-10-17)21(22,23)24/h3-12H,2,13H2,1H3,(H,25,28). The fourth-order valence-corrected chi connectivity index (χ4v) is 2.71. The third kappa shape index (κ3) is 5.10. The van der Waals surface area contributed by atoms with Crippen LogP contribution < -0.4 is 10.9 Å². The molecule has 0 spiro atoms. The summed E-state index contributed by atoms with van der Waals surface area (Å²) in [6, 6.07) is 14.7. The average Bonchev–Trinajstić information content (AvgIpc) is 2.69. The quantitative estimate of drug-likeness (QED) is 0.699. The van der Waals surface area contributed by atoms with E-state index in [-0.39, 0.29) is 12.2 Å². The van der Waals surface area contributed by atoms with Crippen molar-refractivity contribution < 1.29 is 18.0 Å². The number of hydrogen-bond donors (Lipinski definition) is 1. The van der Waals surface area contributed by atoms with E-state index in [9.17, 15) is 22.8 Å². The zero-order valence-electron chi connectivity index (χ0n) is 15.5. The maximum Gasteiger partial charge on any atom is 0.416 e. The van der Waals surface area contributed by atoms with Crippen LogP contribution >= 0.6 is 0 Å². The second-order valence-corrected chi connectivity index (χ2v) is 6.39. The van der Waals surface area contributed by atoms with E-state index < -0.39 is 23.2 Å². The van der Waals surface area contributed by atoms with Gasteiger partial charge in [0.1, 0.15) is 6.54 Å². The van der Waals surface area contributed by atoms with Crippen LogP contribution in [0.4, 0.5) is 18.9 Å². The Morgan fingerprint density at radius 1 is 1.00 bits per heavy atom. The summed E-state index contributed by atoms with van der Waals surface area (Å²) in [6.45, 7) is 1.68. The third-order valence-corrected chi connectivity index (χ3v) is 4.31. The van der Waals surface area contributed by atoms with Gasteiger partial charge in [-0.25, -0.2) is 4.68 Å². The predicted octanol–water partition coefficient (Wildman–Crippen LogP) is 4.13. The molecule has 3 rings (SSSR count). The van der Waals surface area contributed by atoms with E-state index in [4.69, 9.17) is 0 Å². The molecule has 0 aliphatic rings. The van der Waals surface area contributed by atoms with Crippen LogP contribution in [0.5, 0.6) is 0 Å². The van der Waals surface area contributed by atoms with Gasteiger partial charge in [0.05, 0.1) is 11.3 Å². The number of carbonyl (C=O) groups is 1. The molecule has 1 N–H and O–H groups in total. The first kappa shape index (κ1) is 20.3. The summed E-state index contributed by atoms with van der Waals surface area (Å²) in [5, 5.41) is 6.69. The number of nitrogens with zero attached hydrogens (tertiary/aromatic N) is 2. The number of amides is 1. The van der Waals surface area contributed by atoms with Gasteiger partial charge in [0.2, 0.25) is 5.91 Å². The molecule has 0 saturated heterocycles. The van der Waals surface area contributed by atoms with Crippen molar-refractivity contribution in [2.45, 2.75) is 26.1 Å². The lowest BCUT2D eigenvalue weighted by Gasteiger charge is -2.10. The Morgan fingerprint density at radius 2 is 1.66 bits per heavy atom. The van der Waals surface area contributed by atoms with Crippen LogP contribution in [0.15, 0.2) is 65.5 Å². The fraction of sp³-hybridized carbons (Fsp3) is 0.190. The molecule has 1 heterocycles. The molecule has 3 aromatic rings. The number of anilines is 1. The van der Waals surface area contributed by atoms with Crippen molar-refractivity contribution in [3.8, 4) is 11.3 Å². The van der Waals surface area contributed by atoms with Gasteiger partial charge in [-0.1, -0.05) is 31.2 Å². The minimum absolute atomic E-state index is 0.197. The largest absolute Gasteiger partial charge is 0.416 e. The zero-order valence-corrected chi connectivity index (χ0v) is 15.5. The SMILES string of the molecule is CCc1ccc(-c2ccc(=O)n(CC(=O)Nc3ccc(C(F)(F)F)cc3)n2)cc1. The van der Waals surface area contributed by atoms with Crippen LogP contribution in [0, 0.1) is 0 Å². The number of rotatable bonds is 5. The maximum atomic E-state index is 12.6. The Bertz CT molecular complexity index is 1060. The molecule has 8 heteroatoms. The predicted molar refractivity (Wildman–Crippen MR) is 103 cm³/mol. The zero-order chi connectivity index (χ0) is 21.0. The highest BCUT2D eigenvalue weighted by molar-refractivity contribution is 5.90. The number of nitrogens with one attached hydrogen (secondary N) is 1. The van der Waals surface area contributed by atoms with Crippen molar-refractivity contribution in [3.05, 3.63) is 82.1 Å². The topological polar surface area (TPSA) is 64.0 Å². The molecule has 5 nitrogen and oxygen atoms in total. The van der Waals surface area contributed by atoms with Gasteiger partial charge in [0.25, 0.3) is 5.56 Å². The second-order valence-electron chi connectivity index (χ2n) is 6.39. The molecule has 29 heavy (non-hydrogen) atoms. The number of hydrogen-bond acceptors (Lipinski definition) is 3. The number of aryl methyl sites for hydroxylation is 1. The summed E-state index contributed by atoms with van der Waals surface area (Å²) in [5.74, 6) is -0.571. The number of benzene rings is 2. The van der Waals surface area contributed by atoms with Gasteiger partial charge in [-0.2, -0.15) is 18.3 Å². The molecule has 150 valence electrons. The molecule has 0 atom stereocenters. The number of alkyl halides is 3. The first-order valence-electron chi connectivity index (χ1n) is 8.91. The Kier molecular flexibility index (Phi) is 5.81. The Morgan fingerprint density at radius 3 is 2.24 bits per heavy atom. The monoisotopic (exact) mass is 401 g/mol. The van der Waals surface area contributed by atoms with Crippen molar-refractivity contribution in [2.24, 2.45) is 0 Å². The van der Waals surface area contributed by atoms with Crippen LogP contribution in [0.1, 0.15) is 18.1 Å². The highest BCUT2D eigenvalue weighted by Crippen LogP contribution is 2.29. The van der Waals surface area contributed by atoms with Crippen LogP contribution in [0.3, 0.4) is 0 Å². The van der Waals surface area contributed by atoms with Gasteiger partial charge < -0.3 is 5.32 Å². The molecule has 0 radical (unpaired) electrons. The summed E-state index contributed by atoms with van der Waals surface area (Å²) in [6.07, 6.45) is -3.55. The molecule has 0 aliphatic carbocycles.